The first-order valence-corrected chi connectivity index (χ1v) is 8.88. The van der Waals surface area contributed by atoms with Crippen molar-refractivity contribution in [1.82, 2.24) is 20.3 Å². The van der Waals surface area contributed by atoms with Crippen LogP contribution in [0.3, 0.4) is 0 Å². The molecule has 1 aromatic heterocycles. The van der Waals surface area contributed by atoms with Gasteiger partial charge in [-0.05, 0) is 59.8 Å². The molecule has 25 heavy (non-hydrogen) atoms. The fourth-order valence-electron chi connectivity index (χ4n) is 2.89. The molecule has 130 valence electrons. The van der Waals surface area contributed by atoms with E-state index in [2.05, 4.69) is 37.6 Å². The van der Waals surface area contributed by atoms with Gasteiger partial charge < -0.3 is 10.1 Å². The van der Waals surface area contributed by atoms with Crippen LogP contribution in [0.25, 0.3) is 0 Å². The van der Waals surface area contributed by atoms with Gasteiger partial charge in [-0.3, -0.25) is 9.48 Å². The highest BCUT2D eigenvalue weighted by Crippen LogP contribution is 2.27. The zero-order chi connectivity index (χ0) is 17.8. The summed E-state index contributed by atoms with van der Waals surface area (Å²) in [6.07, 6.45) is 5.16. The Balaban J connectivity index is 1.49. The number of nitriles is 1. The van der Waals surface area contributed by atoms with Crippen molar-refractivity contribution in [3.05, 3.63) is 40.1 Å². The molecule has 1 saturated carbocycles. The molecular formula is C17H18BrN5O2. The number of rotatable bonds is 4. The van der Waals surface area contributed by atoms with Crippen LogP contribution in [0.1, 0.15) is 41.7 Å². The maximum atomic E-state index is 12.1. The molecule has 3 rings (SSSR count). The molecule has 1 N–H and O–H groups in total. The molecule has 1 heterocycles. The van der Waals surface area contributed by atoms with Crippen molar-refractivity contribution in [3.8, 4) is 11.8 Å². The Bertz CT molecular complexity index is 806. The lowest BCUT2D eigenvalue weighted by Crippen LogP contribution is -2.39. The van der Waals surface area contributed by atoms with Crippen molar-refractivity contribution >= 4 is 21.8 Å². The Morgan fingerprint density at radius 2 is 2.16 bits per heavy atom. The summed E-state index contributed by atoms with van der Waals surface area (Å²) in [6.45, 7) is 0. The van der Waals surface area contributed by atoms with Crippen molar-refractivity contribution in [3.63, 3.8) is 0 Å². The van der Waals surface area contributed by atoms with Crippen molar-refractivity contribution < 1.29 is 9.53 Å². The van der Waals surface area contributed by atoms with E-state index >= 15 is 0 Å². The van der Waals surface area contributed by atoms with Crippen LogP contribution in [0.5, 0.6) is 5.75 Å². The summed E-state index contributed by atoms with van der Waals surface area (Å²) in [5, 5.41) is 19.5. The zero-order valence-electron chi connectivity index (χ0n) is 13.8. The molecule has 1 amide bonds. The number of hydrogen-bond acceptors (Lipinski definition) is 5. The number of aryl methyl sites for hydroxylation is 1. The second-order valence-electron chi connectivity index (χ2n) is 6.10. The summed E-state index contributed by atoms with van der Waals surface area (Å²) in [6, 6.07) is 7.61. The minimum Gasteiger partial charge on any atom is -0.490 e. The van der Waals surface area contributed by atoms with Crippen LogP contribution in [0.4, 0.5) is 0 Å². The number of ether oxygens (including phenoxy) is 1. The Labute approximate surface area is 154 Å². The molecule has 1 fully saturated rings. The fraction of sp³-hybridized carbons (Fsp3) is 0.412. The van der Waals surface area contributed by atoms with Gasteiger partial charge >= 0.3 is 0 Å². The first-order valence-electron chi connectivity index (χ1n) is 8.08. The Kier molecular flexibility index (Phi) is 5.34. The summed E-state index contributed by atoms with van der Waals surface area (Å²) < 4.78 is 8.24. The lowest BCUT2D eigenvalue weighted by molar-refractivity contribution is 0.0889. The van der Waals surface area contributed by atoms with Crippen LogP contribution >= 0.6 is 15.9 Å². The summed E-state index contributed by atoms with van der Waals surface area (Å²) in [7, 11) is 1.73. The monoisotopic (exact) mass is 403 g/mol. The van der Waals surface area contributed by atoms with Crippen molar-refractivity contribution in [2.24, 2.45) is 7.05 Å². The van der Waals surface area contributed by atoms with E-state index in [1.807, 2.05) is 12.1 Å². The molecule has 8 heteroatoms. The van der Waals surface area contributed by atoms with Crippen molar-refractivity contribution in [2.45, 2.75) is 37.8 Å². The van der Waals surface area contributed by atoms with Crippen LogP contribution < -0.4 is 10.1 Å². The lowest BCUT2D eigenvalue weighted by Gasteiger charge is -2.29. The molecule has 0 saturated heterocycles. The van der Waals surface area contributed by atoms with E-state index in [-0.39, 0.29) is 18.1 Å². The van der Waals surface area contributed by atoms with Crippen molar-refractivity contribution in [1.29, 1.82) is 5.26 Å². The molecule has 0 bridgehead atoms. The molecule has 0 radical (unpaired) electrons. The number of carbonyl (C=O) groups excluding carboxylic acids is 1. The highest BCUT2D eigenvalue weighted by atomic mass is 79.9. The average Bonchev–Trinajstić information content (AvgIpc) is 3.03. The molecule has 0 atom stereocenters. The molecule has 1 aliphatic carbocycles. The highest BCUT2D eigenvalue weighted by molar-refractivity contribution is 9.10. The summed E-state index contributed by atoms with van der Waals surface area (Å²) in [5.41, 5.74) is 0.922. The number of carbonyl (C=O) groups is 1. The number of halogens is 1. The molecule has 1 aromatic carbocycles. The van der Waals surface area contributed by atoms with Crippen molar-refractivity contribution in [2.75, 3.05) is 0 Å². The number of nitrogens with one attached hydrogen (secondary N) is 1. The Hall–Kier alpha value is -2.40. The van der Waals surface area contributed by atoms with Gasteiger partial charge in [-0.25, -0.2) is 0 Å². The van der Waals surface area contributed by atoms with E-state index < -0.39 is 0 Å². The van der Waals surface area contributed by atoms with Crippen LogP contribution in [0.2, 0.25) is 0 Å². The smallest absolute Gasteiger partial charge is 0.273 e. The van der Waals surface area contributed by atoms with Gasteiger partial charge in [-0.15, -0.1) is 5.10 Å². The van der Waals surface area contributed by atoms with Gasteiger partial charge in [0, 0.05) is 17.6 Å². The molecule has 2 aromatic rings. The number of nitrogens with zero attached hydrogens (tertiary/aromatic N) is 4. The third-order valence-electron chi connectivity index (χ3n) is 4.21. The van der Waals surface area contributed by atoms with Crippen LogP contribution in [-0.4, -0.2) is 33.0 Å². The standard InChI is InChI=1S/C17H18BrN5O2/c1-23-10-16(21-22-23)17(24)20-12-3-6-13(7-4-12)25-14-5-2-11(9-19)15(18)8-14/h2,5,8,10,12-13H,3-4,6-7H2,1H3,(H,20,24). The third kappa shape index (κ3) is 4.37. The number of hydrogen-bond donors (Lipinski definition) is 1. The second-order valence-corrected chi connectivity index (χ2v) is 6.95. The zero-order valence-corrected chi connectivity index (χ0v) is 15.4. The fourth-order valence-corrected chi connectivity index (χ4v) is 3.33. The Morgan fingerprint density at radius 3 is 2.76 bits per heavy atom. The average molecular weight is 404 g/mol. The van der Waals surface area contributed by atoms with E-state index in [0.717, 1.165) is 35.9 Å². The largest absolute Gasteiger partial charge is 0.490 e. The van der Waals surface area contributed by atoms with E-state index in [0.29, 0.717) is 11.3 Å². The first-order chi connectivity index (χ1) is 12.0. The van der Waals surface area contributed by atoms with Gasteiger partial charge in [0.25, 0.3) is 5.91 Å². The highest BCUT2D eigenvalue weighted by Gasteiger charge is 2.24. The topological polar surface area (TPSA) is 92.8 Å². The summed E-state index contributed by atoms with van der Waals surface area (Å²) in [4.78, 5) is 12.1. The van der Waals surface area contributed by atoms with Gasteiger partial charge in [0.15, 0.2) is 5.69 Å². The van der Waals surface area contributed by atoms with Gasteiger partial charge in [0.1, 0.15) is 11.8 Å². The van der Waals surface area contributed by atoms with Gasteiger partial charge in [0.05, 0.1) is 17.9 Å². The molecular weight excluding hydrogens is 386 g/mol. The van der Waals surface area contributed by atoms with Gasteiger partial charge in [-0.1, -0.05) is 5.21 Å². The normalized spacial score (nSPS) is 19.9. The molecule has 7 nitrogen and oxygen atoms in total. The molecule has 0 aliphatic heterocycles. The van der Waals surface area contributed by atoms with E-state index in [1.165, 1.54) is 4.68 Å². The third-order valence-corrected chi connectivity index (χ3v) is 4.86. The van der Waals surface area contributed by atoms with E-state index in [9.17, 15) is 4.79 Å². The second kappa shape index (κ2) is 7.66. The van der Waals surface area contributed by atoms with E-state index in [4.69, 9.17) is 10.00 Å². The number of benzene rings is 1. The lowest BCUT2D eigenvalue weighted by atomic mass is 9.93. The molecule has 0 spiro atoms. The predicted octanol–water partition coefficient (Wildman–Crippen LogP) is 2.57. The van der Waals surface area contributed by atoms with Crippen LogP contribution in [0, 0.1) is 11.3 Å². The SMILES string of the molecule is Cn1cc(C(=O)NC2CCC(Oc3ccc(C#N)c(Br)c3)CC2)nn1. The quantitative estimate of drug-likeness (QED) is 0.846. The van der Waals surface area contributed by atoms with Crippen LogP contribution in [-0.2, 0) is 7.05 Å². The van der Waals surface area contributed by atoms with Gasteiger partial charge in [0.2, 0.25) is 0 Å². The maximum absolute atomic E-state index is 12.1. The summed E-state index contributed by atoms with van der Waals surface area (Å²) >= 11 is 3.37. The molecule has 1 aliphatic rings. The predicted molar refractivity (Wildman–Crippen MR) is 94.0 cm³/mol. The Morgan fingerprint density at radius 1 is 1.40 bits per heavy atom. The minimum atomic E-state index is -0.187. The first kappa shape index (κ1) is 17.4. The maximum Gasteiger partial charge on any atom is 0.273 e. The minimum absolute atomic E-state index is 0.115. The summed E-state index contributed by atoms with van der Waals surface area (Å²) in [5.74, 6) is 0.561. The number of amides is 1. The van der Waals surface area contributed by atoms with Crippen LogP contribution in [0.15, 0.2) is 28.9 Å². The van der Waals surface area contributed by atoms with E-state index in [1.54, 1.807) is 19.3 Å². The van der Waals surface area contributed by atoms with Gasteiger partial charge in [-0.2, -0.15) is 5.26 Å². The molecule has 0 unspecified atom stereocenters. The number of aromatic nitrogens is 3.